The average molecular weight is 386 g/mol. The monoisotopic (exact) mass is 386 g/mol. The van der Waals surface area contributed by atoms with E-state index in [0.29, 0.717) is 16.2 Å². The van der Waals surface area contributed by atoms with Crippen LogP contribution in [0.1, 0.15) is 5.56 Å². The van der Waals surface area contributed by atoms with E-state index in [0.717, 1.165) is 16.5 Å². The van der Waals surface area contributed by atoms with Crippen molar-refractivity contribution >= 4 is 27.5 Å². The lowest BCUT2D eigenvalue weighted by molar-refractivity contribution is -0.763. The summed E-state index contributed by atoms with van der Waals surface area (Å²) in [6.07, 6.45) is 0. The molecule has 0 spiro atoms. The van der Waals surface area contributed by atoms with Crippen molar-refractivity contribution in [3.05, 3.63) is 76.3 Å². The van der Waals surface area contributed by atoms with Crippen LogP contribution in [0.2, 0.25) is 0 Å². The van der Waals surface area contributed by atoms with Crippen LogP contribution in [0.5, 0.6) is 5.75 Å². The SMILES string of the molecule is CN(C)c1cccc2c(S(=O)Oc3ccc(CO[N+](=O)[O-])cc3)cccc12. The molecular weight excluding hydrogens is 368 g/mol. The van der Waals surface area contributed by atoms with Crippen molar-refractivity contribution < 1.29 is 18.3 Å². The number of nitrogens with zero attached hydrogens (tertiary/aromatic N) is 2. The molecule has 0 aromatic heterocycles. The summed E-state index contributed by atoms with van der Waals surface area (Å²) >= 11 is -1.71. The largest absolute Gasteiger partial charge is 0.397 e. The zero-order chi connectivity index (χ0) is 19.4. The predicted octanol–water partition coefficient (Wildman–Crippen LogP) is 3.72. The third kappa shape index (κ3) is 4.35. The quantitative estimate of drug-likeness (QED) is 0.455. The summed E-state index contributed by atoms with van der Waals surface area (Å²) < 4.78 is 18.3. The van der Waals surface area contributed by atoms with Gasteiger partial charge in [0.15, 0.2) is 0 Å². The highest BCUT2D eigenvalue weighted by atomic mass is 32.2. The van der Waals surface area contributed by atoms with E-state index in [-0.39, 0.29) is 6.61 Å². The van der Waals surface area contributed by atoms with Crippen molar-refractivity contribution in [2.45, 2.75) is 11.5 Å². The van der Waals surface area contributed by atoms with Crippen LogP contribution in [0, 0.1) is 10.1 Å². The molecule has 0 heterocycles. The highest BCUT2D eigenvalue weighted by Gasteiger charge is 2.13. The molecule has 0 N–H and O–H groups in total. The maximum atomic E-state index is 12.8. The van der Waals surface area contributed by atoms with E-state index in [1.807, 2.05) is 49.3 Å². The van der Waals surface area contributed by atoms with Crippen LogP contribution < -0.4 is 9.08 Å². The van der Waals surface area contributed by atoms with Crippen LogP contribution in [0.3, 0.4) is 0 Å². The topological polar surface area (TPSA) is 81.9 Å². The Kier molecular flexibility index (Phi) is 5.56. The minimum atomic E-state index is -1.71. The second-order valence-corrected chi connectivity index (χ2v) is 7.06. The average Bonchev–Trinajstić information content (AvgIpc) is 2.66. The Bertz CT molecular complexity index is 989. The first-order chi connectivity index (χ1) is 13.0. The Hall–Kier alpha value is -3.13. The summed E-state index contributed by atoms with van der Waals surface area (Å²) in [6, 6.07) is 17.9. The minimum Gasteiger partial charge on any atom is -0.397 e. The molecule has 0 amide bonds. The van der Waals surface area contributed by atoms with Crippen LogP contribution >= 0.6 is 0 Å². The Morgan fingerprint density at radius 3 is 2.33 bits per heavy atom. The number of rotatable bonds is 7. The van der Waals surface area contributed by atoms with E-state index < -0.39 is 16.2 Å². The normalized spacial score (nSPS) is 11.8. The fourth-order valence-electron chi connectivity index (χ4n) is 2.70. The Labute approximate surface area is 158 Å². The third-order valence-corrected chi connectivity index (χ3v) is 5.01. The molecule has 0 aliphatic carbocycles. The number of hydrogen-bond donors (Lipinski definition) is 0. The van der Waals surface area contributed by atoms with E-state index in [2.05, 4.69) is 4.84 Å². The molecule has 1 unspecified atom stereocenters. The van der Waals surface area contributed by atoms with E-state index in [1.165, 1.54) is 0 Å². The standard InChI is InChI=1S/C19H18N2O5S/c1-20(2)18-7-3-6-17-16(18)5-4-8-19(17)27(24)26-15-11-9-14(10-12-15)13-25-21(22)23/h3-12H,13H2,1-2H3. The van der Waals surface area contributed by atoms with Gasteiger partial charge in [0.05, 0.1) is 4.90 Å². The minimum absolute atomic E-state index is 0.146. The highest BCUT2D eigenvalue weighted by Crippen LogP contribution is 2.30. The lowest BCUT2D eigenvalue weighted by Crippen LogP contribution is -2.09. The Balaban J connectivity index is 1.82. The number of hydrogen-bond acceptors (Lipinski definition) is 6. The zero-order valence-corrected chi connectivity index (χ0v) is 15.6. The first-order valence-electron chi connectivity index (χ1n) is 8.11. The van der Waals surface area contributed by atoms with Crippen LogP contribution in [0.15, 0.2) is 65.6 Å². The zero-order valence-electron chi connectivity index (χ0n) is 14.8. The lowest BCUT2D eigenvalue weighted by atomic mass is 10.1. The van der Waals surface area contributed by atoms with Gasteiger partial charge in [-0.1, -0.05) is 36.4 Å². The summed E-state index contributed by atoms with van der Waals surface area (Å²) in [4.78, 5) is 17.1. The first kappa shape index (κ1) is 18.7. The second kappa shape index (κ2) is 8.05. The van der Waals surface area contributed by atoms with Gasteiger partial charge in [0.25, 0.3) is 5.09 Å². The lowest BCUT2D eigenvalue weighted by Gasteiger charge is -2.16. The van der Waals surface area contributed by atoms with Gasteiger partial charge in [-0.3, -0.25) is 0 Å². The molecule has 0 aliphatic rings. The summed E-state index contributed by atoms with van der Waals surface area (Å²) in [6.45, 7) is -0.146. The molecule has 0 aliphatic heterocycles. The van der Waals surface area contributed by atoms with Crippen LogP contribution in [0.25, 0.3) is 10.8 Å². The van der Waals surface area contributed by atoms with Gasteiger partial charge in [0.1, 0.15) is 12.4 Å². The number of anilines is 1. The molecule has 3 rings (SSSR count). The highest BCUT2D eigenvalue weighted by molar-refractivity contribution is 7.80. The Morgan fingerprint density at radius 2 is 1.67 bits per heavy atom. The molecule has 7 nitrogen and oxygen atoms in total. The number of benzene rings is 3. The van der Waals surface area contributed by atoms with Gasteiger partial charge >= 0.3 is 0 Å². The summed E-state index contributed by atoms with van der Waals surface area (Å²) in [5, 5.41) is 11.2. The summed E-state index contributed by atoms with van der Waals surface area (Å²) in [5.74, 6) is 0.402. The Morgan fingerprint density at radius 1 is 1.00 bits per heavy atom. The van der Waals surface area contributed by atoms with Crippen molar-refractivity contribution in [3.63, 3.8) is 0 Å². The molecular formula is C19H18N2O5S. The maximum Gasteiger partial charge on any atom is 0.294 e. The van der Waals surface area contributed by atoms with Gasteiger partial charge < -0.3 is 13.9 Å². The predicted molar refractivity (Wildman–Crippen MR) is 104 cm³/mol. The fourth-order valence-corrected chi connectivity index (χ4v) is 3.62. The van der Waals surface area contributed by atoms with Gasteiger partial charge in [-0.05, 0) is 29.8 Å². The molecule has 0 saturated heterocycles. The molecule has 140 valence electrons. The van der Waals surface area contributed by atoms with Crippen molar-refractivity contribution in [2.75, 3.05) is 19.0 Å². The van der Waals surface area contributed by atoms with Crippen LogP contribution in [-0.4, -0.2) is 23.4 Å². The molecule has 0 fully saturated rings. The van der Waals surface area contributed by atoms with Gasteiger partial charge in [-0.25, -0.2) is 4.21 Å². The molecule has 0 saturated carbocycles. The third-order valence-electron chi connectivity index (χ3n) is 3.95. The van der Waals surface area contributed by atoms with E-state index in [1.54, 1.807) is 30.3 Å². The van der Waals surface area contributed by atoms with Crippen molar-refractivity contribution in [3.8, 4) is 5.75 Å². The van der Waals surface area contributed by atoms with Crippen molar-refractivity contribution in [2.24, 2.45) is 0 Å². The van der Waals surface area contributed by atoms with Gasteiger partial charge in [-0.2, -0.15) is 0 Å². The van der Waals surface area contributed by atoms with Crippen molar-refractivity contribution in [1.82, 2.24) is 0 Å². The second-order valence-electron chi connectivity index (χ2n) is 5.98. The fraction of sp³-hybridized carbons (Fsp3) is 0.158. The van der Waals surface area contributed by atoms with Gasteiger partial charge in [0.2, 0.25) is 11.1 Å². The maximum absolute atomic E-state index is 12.8. The van der Waals surface area contributed by atoms with E-state index >= 15 is 0 Å². The molecule has 3 aromatic rings. The first-order valence-corrected chi connectivity index (χ1v) is 9.18. The molecule has 0 radical (unpaired) electrons. The molecule has 0 bridgehead atoms. The van der Waals surface area contributed by atoms with Gasteiger partial charge in [-0.15, -0.1) is 10.1 Å². The smallest absolute Gasteiger partial charge is 0.294 e. The van der Waals surface area contributed by atoms with Crippen LogP contribution in [-0.2, 0) is 22.5 Å². The van der Waals surface area contributed by atoms with E-state index in [9.17, 15) is 14.3 Å². The van der Waals surface area contributed by atoms with E-state index in [4.69, 9.17) is 4.18 Å². The van der Waals surface area contributed by atoms with Gasteiger partial charge in [0, 0.05) is 30.6 Å². The van der Waals surface area contributed by atoms with Crippen LogP contribution in [0.4, 0.5) is 5.69 Å². The molecule has 3 aromatic carbocycles. The van der Waals surface area contributed by atoms with Crippen molar-refractivity contribution in [1.29, 1.82) is 0 Å². The molecule has 8 heteroatoms. The summed E-state index contributed by atoms with van der Waals surface area (Å²) in [5.41, 5.74) is 1.65. The molecule has 27 heavy (non-hydrogen) atoms. The number of fused-ring (bicyclic) bond motifs is 1. The summed E-state index contributed by atoms with van der Waals surface area (Å²) in [7, 11) is 3.91. The molecule has 1 atom stereocenters.